The molecular weight excluding hydrogens is 227 g/mol. The van der Waals surface area contributed by atoms with Crippen molar-refractivity contribution in [2.45, 2.75) is 12.8 Å². The van der Waals surface area contributed by atoms with Gasteiger partial charge in [-0.1, -0.05) is 6.07 Å². The molecule has 0 radical (unpaired) electrons. The van der Waals surface area contributed by atoms with Crippen molar-refractivity contribution >= 4 is 11.6 Å². The topological polar surface area (TPSA) is 72.2 Å². The van der Waals surface area contributed by atoms with Crippen LogP contribution in [0.5, 0.6) is 0 Å². The van der Waals surface area contributed by atoms with Gasteiger partial charge in [-0.25, -0.2) is 0 Å². The van der Waals surface area contributed by atoms with E-state index in [2.05, 4.69) is 5.32 Å². The lowest BCUT2D eigenvalue weighted by molar-refractivity contribution is -0.387. The van der Waals surface area contributed by atoms with Crippen LogP contribution in [0.2, 0.25) is 0 Å². The third kappa shape index (κ3) is 2.41. The van der Waals surface area contributed by atoms with Gasteiger partial charge in [-0.15, -0.1) is 0 Å². The van der Waals surface area contributed by atoms with Gasteiger partial charge in [-0.05, 0) is 24.5 Å². The smallest absolute Gasteiger partial charge is 0.304 e. The predicted molar refractivity (Wildman–Crippen MR) is 57.9 cm³/mol. The van der Waals surface area contributed by atoms with E-state index in [0.29, 0.717) is 18.5 Å². The van der Waals surface area contributed by atoms with Crippen molar-refractivity contribution in [2.24, 2.45) is 5.92 Å². The lowest BCUT2D eigenvalue weighted by Gasteiger charge is -2.06. The van der Waals surface area contributed by atoms with Gasteiger partial charge < -0.3 is 5.32 Å². The van der Waals surface area contributed by atoms with E-state index in [0.717, 1.165) is 18.6 Å². The Bertz CT molecular complexity index is 476. The quantitative estimate of drug-likeness (QED) is 0.639. The number of nitro groups is 1. The molecule has 1 unspecified atom stereocenters. The third-order valence-electron chi connectivity index (χ3n) is 2.85. The fraction of sp³-hybridized carbons (Fsp3) is 0.364. The second-order valence-corrected chi connectivity index (χ2v) is 4.02. The Morgan fingerprint density at radius 3 is 2.82 bits per heavy atom. The first-order valence-corrected chi connectivity index (χ1v) is 5.28. The van der Waals surface area contributed by atoms with Crippen molar-refractivity contribution in [1.29, 1.82) is 0 Å². The number of carbonyl (C=O) groups is 1. The van der Waals surface area contributed by atoms with Gasteiger partial charge in [0.15, 0.2) is 0 Å². The molecule has 1 aromatic carbocycles. The molecule has 1 saturated heterocycles. The number of amides is 1. The highest BCUT2D eigenvalue weighted by molar-refractivity contribution is 5.80. The number of nitro benzene ring substituents is 1. The zero-order valence-electron chi connectivity index (χ0n) is 8.98. The molecule has 1 atom stereocenters. The van der Waals surface area contributed by atoms with Crippen molar-refractivity contribution < 1.29 is 14.1 Å². The summed E-state index contributed by atoms with van der Waals surface area (Å²) in [5.41, 5.74) is 0.0692. The summed E-state index contributed by atoms with van der Waals surface area (Å²) in [6, 6.07) is 3.76. The monoisotopic (exact) mass is 238 g/mol. The molecule has 1 aliphatic heterocycles. The molecule has 0 saturated carbocycles. The van der Waals surface area contributed by atoms with E-state index in [4.69, 9.17) is 0 Å². The van der Waals surface area contributed by atoms with Gasteiger partial charge in [0.25, 0.3) is 0 Å². The van der Waals surface area contributed by atoms with Gasteiger partial charge >= 0.3 is 5.69 Å². The zero-order valence-corrected chi connectivity index (χ0v) is 8.98. The van der Waals surface area contributed by atoms with Gasteiger partial charge in [0.2, 0.25) is 11.7 Å². The van der Waals surface area contributed by atoms with Gasteiger partial charge in [-0.3, -0.25) is 14.9 Å². The number of hydrogen-bond acceptors (Lipinski definition) is 3. The number of hydrogen-bond donors (Lipinski definition) is 1. The average molecular weight is 238 g/mol. The third-order valence-corrected chi connectivity index (χ3v) is 2.85. The van der Waals surface area contributed by atoms with Crippen molar-refractivity contribution in [3.05, 3.63) is 39.7 Å². The highest BCUT2D eigenvalue weighted by Gasteiger charge is 2.25. The molecule has 1 N–H and O–H groups in total. The SMILES string of the molecule is O=C1NCCC1Cc1ccc([N+](=O)[O-])c(F)c1. The second kappa shape index (κ2) is 4.48. The molecule has 1 aromatic rings. The highest BCUT2D eigenvalue weighted by Crippen LogP contribution is 2.22. The Morgan fingerprint density at radius 2 is 2.29 bits per heavy atom. The van der Waals surface area contributed by atoms with Gasteiger partial charge in [-0.2, -0.15) is 4.39 Å². The molecule has 0 bridgehead atoms. The van der Waals surface area contributed by atoms with Crippen molar-refractivity contribution in [3.8, 4) is 0 Å². The first-order valence-electron chi connectivity index (χ1n) is 5.28. The van der Waals surface area contributed by atoms with E-state index in [-0.39, 0.29) is 11.8 Å². The van der Waals surface area contributed by atoms with Gasteiger partial charge in [0.05, 0.1) is 4.92 Å². The molecule has 0 aromatic heterocycles. The minimum absolute atomic E-state index is 0.0382. The number of nitrogens with zero attached hydrogens (tertiary/aromatic N) is 1. The summed E-state index contributed by atoms with van der Waals surface area (Å²) in [6.45, 7) is 0.638. The number of carbonyl (C=O) groups excluding carboxylic acids is 1. The zero-order chi connectivity index (χ0) is 12.4. The minimum Gasteiger partial charge on any atom is -0.356 e. The minimum atomic E-state index is -0.856. The van der Waals surface area contributed by atoms with E-state index in [1.54, 1.807) is 0 Å². The van der Waals surface area contributed by atoms with E-state index in [1.165, 1.54) is 6.07 Å². The van der Waals surface area contributed by atoms with E-state index in [1.807, 2.05) is 0 Å². The van der Waals surface area contributed by atoms with E-state index >= 15 is 0 Å². The number of rotatable bonds is 3. The number of benzene rings is 1. The molecule has 90 valence electrons. The standard InChI is InChI=1S/C11H11FN2O3/c12-9-6-7(1-2-10(9)14(16)17)5-8-3-4-13-11(8)15/h1-2,6,8H,3-5H2,(H,13,15). The normalized spacial score (nSPS) is 19.1. The predicted octanol–water partition coefficient (Wildman–Crippen LogP) is 1.41. The van der Waals surface area contributed by atoms with Gasteiger partial charge in [0.1, 0.15) is 0 Å². The molecule has 17 heavy (non-hydrogen) atoms. The van der Waals surface area contributed by atoms with Crippen LogP contribution in [0.3, 0.4) is 0 Å². The van der Waals surface area contributed by atoms with E-state index in [9.17, 15) is 19.3 Å². The summed E-state index contributed by atoms with van der Waals surface area (Å²) in [7, 11) is 0. The van der Waals surface area contributed by atoms with Crippen LogP contribution in [0.25, 0.3) is 0 Å². The van der Waals surface area contributed by atoms with Crippen molar-refractivity contribution in [3.63, 3.8) is 0 Å². The Morgan fingerprint density at radius 1 is 1.53 bits per heavy atom. The fourth-order valence-corrected chi connectivity index (χ4v) is 1.95. The Balaban J connectivity index is 2.15. The van der Waals surface area contributed by atoms with Crippen LogP contribution in [0.1, 0.15) is 12.0 Å². The molecule has 2 rings (SSSR count). The lowest BCUT2D eigenvalue weighted by atomic mass is 9.98. The average Bonchev–Trinajstić information content (AvgIpc) is 2.64. The molecule has 1 fully saturated rings. The Labute approximate surface area is 96.8 Å². The molecule has 0 aliphatic carbocycles. The van der Waals surface area contributed by atoms with Crippen molar-refractivity contribution in [2.75, 3.05) is 6.54 Å². The van der Waals surface area contributed by atoms with Crippen LogP contribution in [0, 0.1) is 21.8 Å². The summed E-state index contributed by atoms with van der Waals surface area (Å²) in [4.78, 5) is 21.0. The molecule has 1 aliphatic rings. The number of halogens is 1. The maximum Gasteiger partial charge on any atom is 0.304 e. The summed E-state index contributed by atoms with van der Waals surface area (Å²) >= 11 is 0. The molecule has 1 heterocycles. The van der Waals surface area contributed by atoms with Crippen LogP contribution in [0.15, 0.2) is 18.2 Å². The molecular formula is C11H11FN2O3. The fourth-order valence-electron chi connectivity index (χ4n) is 1.95. The number of nitrogens with one attached hydrogen (secondary N) is 1. The summed E-state index contributed by atoms with van der Waals surface area (Å²) < 4.78 is 13.3. The maximum absolute atomic E-state index is 13.3. The molecule has 1 amide bonds. The first-order chi connectivity index (χ1) is 8.08. The van der Waals surface area contributed by atoms with Crippen LogP contribution in [-0.4, -0.2) is 17.4 Å². The largest absolute Gasteiger partial charge is 0.356 e. The Kier molecular flexibility index (Phi) is 3.03. The van der Waals surface area contributed by atoms with E-state index < -0.39 is 16.4 Å². The molecule has 5 nitrogen and oxygen atoms in total. The van der Waals surface area contributed by atoms with Crippen molar-refractivity contribution in [1.82, 2.24) is 5.32 Å². The molecule has 0 spiro atoms. The lowest BCUT2D eigenvalue weighted by Crippen LogP contribution is -2.20. The molecule has 6 heteroatoms. The Hall–Kier alpha value is -1.98. The summed E-state index contributed by atoms with van der Waals surface area (Å²) in [5, 5.41) is 13.1. The van der Waals surface area contributed by atoms with Gasteiger partial charge in [0, 0.05) is 18.5 Å². The van der Waals surface area contributed by atoms with Crippen LogP contribution in [0.4, 0.5) is 10.1 Å². The first kappa shape index (κ1) is 11.5. The second-order valence-electron chi connectivity index (χ2n) is 4.02. The highest BCUT2D eigenvalue weighted by atomic mass is 19.1. The summed E-state index contributed by atoms with van der Waals surface area (Å²) in [6.07, 6.45) is 1.14. The van der Waals surface area contributed by atoms with Crippen LogP contribution < -0.4 is 5.32 Å². The van der Waals surface area contributed by atoms with Crippen LogP contribution >= 0.6 is 0 Å². The maximum atomic E-state index is 13.3. The van der Waals surface area contributed by atoms with Crippen LogP contribution in [-0.2, 0) is 11.2 Å². The summed E-state index contributed by atoms with van der Waals surface area (Å²) in [5.74, 6) is -1.05.